The minimum absolute atomic E-state index is 0.0866. The lowest BCUT2D eigenvalue weighted by molar-refractivity contribution is -0.144. The molecule has 0 aromatic heterocycles. The number of rotatable bonds is 18. The molecule has 0 aromatic carbocycles. The van der Waals surface area contributed by atoms with Gasteiger partial charge in [0.2, 0.25) is 23.6 Å². The van der Waals surface area contributed by atoms with Crippen molar-refractivity contribution in [3.05, 3.63) is 0 Å². The molecular weight excluding hydrogens is 504 g/mol. The number of aliphatic hydroxyl groups is 1. The highest BCUT2D eigenvalue weighted by molar-refractivity contribution is 5.88. The number of ether oxygens (including phenoxy) is 1. The van der Waals surface area contributed by atoms with Gasteiger partial charge in [-0.1, -0.05) is 48.5 Å². The number of aliphatic hydroxyl groups excluding tert-OH is 1. The van der Waals surface area contributed by atoms with Crippen molar-refractivity contribution >= 4 is 29.6 Å². The van der Waals surface area contributed by atoms with Crippen LogP contribution in [0.25, 0.3) is 0 Å². The average Bonchev–Trinajstić information content (AvgIpc) is 2.83. The van der Waals surface area contributed by atoms with Crippen LogP contribution in [-0.4, -0.2) is 72.1 Å². The van der Waals surface area contributed by atoms with E-state index in [1.54, 1.807) is 13.8 Å². The predicted molar refractivity (Wildman–Crippen MR) is 149 cm³/mol. The topological polar surface area (TPSA) is 163 Å². The summed E-state index contributed by atoms with van der Waals surface area (Å²) in [5, 5.41) is 21.6. The molecule has 0 heterocycles. The van der Waals surface area contributed by atoms with Crippen molar-refractivity contribution in [3.63, 3.8) is 0 Å². The van der Waals surface area contributed by atoms with E-state index in [1.807, 2.05) is 41.5 Å². The highest BCUT2D eigenvalue weighted by Gasteiger charge is 2.28. The Morgan fingerprint density at radius 3 is 1.85 bits per heavy atom. The maximum Gasteiger partial charge on any atom is 0.308 e. The first-order valence-corrected chi connectivity index (χ1v) is 14.0. The Balaban J connectivity index is 5.12. The van der Waals surface area contributed by atoms with E-state index in [9.17, 15) is 29.1 Å². The molecule has 0 spiro atoms. The Morgan fingerprint density at radius 1 is 0.769 bits per heavy atom. The van der Waals surface area contributed by atoms with Crippen LogP contribution in [0.5, 0.6) is 0 Å². The number of hydrogen-bond donors (Lipinski definition) is 5. The molecule has 5 atom stereocenters. The standard InChI is InChI=1S/C28H52N4O7/c1-10-23(34)32-26(18(6)7)28(38)30-20(13-16(2)3)11-12-24(35)29-19(8)27(37)31-21(14-17(4)5)22(33)15-25(36)39-9/h16-22,26,33H,10-15H2,1-9H3,(H,29,35)(H,30,38)(H,31,37)(H,32,34). The van der Waals surface area contributed by atoms with Gasteiger partial charge in [-0.2, -0.15) is 0 Å². The quantitative estimate of drug-likeness (QED) is 0.161. The van der Waals surface area contributed by atoms with Crippen LogP contribution in [0.15, 0.2) is 0 Å². The summed E-state index contributed by atoms with van der Waals surface area (Å²) in [6.45, 7) is 14.9. The summed E-state index contributed by atoms with van der Waals surface area (Å²) in [7, 11) is 1.23. The van der Waals surface area contributed by atoms with Crippen LogP contribution >= 0.6 is 0 Å². The smallest absolute Gasteiger partial charge is 0.308 e. The maximum absolute atomic E-state index is 12.9. The number of hydrogen-bond acceptors (Lipinski definition) is 7. The summed E-state index contributed by atoms with van der Waals surface area (Å²) in [5.41, 5.74) is 0. The Hall–Kier alpha value is -2.69. The molecule has 11 heteroatoms. The molecule has 0 fully saturated rings. The van der Waals surface area contributed by atoms with E-state index in [2.05, 4.69) is 26.0 Å². The van der Waals surface area contributed by atoms with E-state index in [0.29, 0.717) is 19.3 Å². The second-order valence-electron chi connectivity index (χ2n) is 11.4. The lowest BCUT2D eigenvalue weighted by atomic mass is 9.97. The molecule has 226 valence electrons. The number of carbonyl (C=O) groups excluding carboxylic acids is 5. The molecule has 0 radical (unpaired) electrons. The summed E-state index contributed by atoms with van der Waals surface area (Å²) in [6, 6.07) is -2.50. The van der Waals surface area contributed by atoms with Gasteiger partial charge in [0.1, 0.15) is 12.1 Å². The third-order valence-corrected chi connectivity index (χ3v) is 6.30. The zero-order valence-electron chi connectivity index (χ0n) is 25.3. The number of amides is 4. The number of nitrogens with one attached hydrogen (secondary N) is 4. The van der Waals surface area contributed by atoms with Gasteiger partial charge in [0.25, 0.3) is 0 Å². The first-order valence-electron chi connectivity index (χ1n) is 14.0. The minimum atomic E-state index is -1.12. The van der Waals surface area contributed by atoms with Gasteiger partial charge < -0.3 is 31.1 Å². The van der Waals surface area contributed by atoms with Crippen molar-refractivity contribution in [1.82, 2.24) is 21.3 Å². The van der Waals surface area contributed by atoms with Crippen LogP contribution in [0.2, 0.25) is 0 Å². The zero-order valence-corrected chi connectivity index (χ0v) is 25.3. The summed E-state index contributed by atoms with van der Waals surface area (Å²) < 4.78 is 4.61. The van der Waals surface area contributed by atoms with E-state index in [0.717, 1.165) is 0 Å². The lowest BCUT2D eigenvalue weighted by Gasteiger charge is -2.27. The molecule has 5 unspecified atom stereocenters. The fourth-order valence-corrected chi connectivity index (χ4v) is 4.13. The molecule has 0 aromatic rings. The van der Waals surface area contributed by atoms with E-state index < -0.39 is 36.1 Å². The SMILES string of the molecule is CCC(=O)NC(C(=O)NC(CCC(=O)NC(C)C(=O)NC(CC(C)C)C(O)CC(=O)OC)CC(C)C)C(C)C. The molecule has 0 bridgehead atoms. The van der Waals surface area contributed by atoms with E-state index in [1.165, 1.54) is 7.11 Å². The summed E-state index contributed by atoms with van der Waals surface area (Å²) in [6.07, 6.45) is 0.448. The zero-order chi connectivity index (χ0) is 30.3. The number of esters is 1. The molecular formula is C28H52N4O7. The molecule has 0 saturated carbocycles. The molecule has 11 nitrogen and oxygen atoms in total. The van der Waals surface area contributed by atoms with Gasteiger partial charge in [0, 0.05) is 18.9 Å². The second-order valence-corrected chi connectivity index (χ2v) is 11.4. The van der Waals surface area contributed by atoms with Gasteiger partial charge in [-0.05, 0) is 43.9 Å². The van der Waals surface area contributed by atoms with Crippen molar-refractivity contribution in [3.8, 4) is 0 Å². The highest BCUT2D eigenvalue weighted by Crippen LogP contribution is 2.14. The Bertz CT molecular complexity index is 801. The predicted octanol–water partition coefficient (Wildman–Crippen LogP) is 1.81. The largest absolute Gasteiger partial charge is 0.469 e. The van der Waals surface area contributed by atoms with Crippen molar-refractivity contribution in [2.75, 3.05) is 7.11 Å². The highest BCUT2D eigenvalue weighted by atomic mass is 16.5. The van der Waals surface area contributed by atoms with Gasteiger partial charge in [-0.25, -0.2) is 0 Å². The fourth-order valence-electron chi connectivity index (χ4n) is 4.13. The molecule has 0 aliphatic rings. The van der Waals surface area contributed by atoms with Crippen molar-refractivity contribution in [2.24, 2.45) is 17.8 Å². The Morgan fingerprint density at radius 2 is 1.36 bits per heavy atom. The minimum Gasteiger partial charge on any atom is -0.469 e. The molecule has 39 heavy (non-hydrogen) atoms. The Labute approximate surface area is 234 Å². The first-order chi connectivity index (χ1) is 18.1. The van der Waals surface area contributed by atoms with Gasteiger partial charge >= 0.3 is 5.97 Å². The third-order valence-electron chi connectivity index (χ3n) is 6.30. The summed E-state index contributed by atoms with van der Waals surface area (Å²) >= 11 is 0. The summed E-state index contributed by atoms with van der Waals surface area (Å²) in [5.74, 6) is -1.59. The maximum atomic E-state index is 12.9. The van der Waals surface area contributed by atoms with Crippen molar-refractivity contribution < 1.29 is 33.8 Å². The molecule has 0 saturated heterocycles. The van der Waals surface area contributed by atoms with E-state index >= 15 is 0 Å². The Kier molecular flexibility index (Phi) is 17.3. The van der Waals surface area contributed by atoms with Crippen LogP contribution in [0, 0.1) is 17.8 Å². The van der Waals surface area contributed by atoms with Gasteiger partial charge in [-0.15, -0.1) is 0 Å². The average molecular weight is 557 g/mol. The van der Waals surface area contributed by atoms with Crippen LogP contribution in [0.4, 0.5) is 0 Å². The number of methoxy groups -OCH3 is 1. The molecule has 5 N–H and O–H groups in total. The van der Waals surface area contributed by atoms with Crippen molar-refractivity contribution in [2.45, 2.75) is 124 Å². The van der Waals surface area contributed by atoms with Gasteiger partial charge in [0.15, 0.2) is 0 Å². The third kappa shape index (κ3) is 15.5. The fraction of sp³-hybridized carbons (Fsp3) is 0.821. The van der Waals surface area contributed by atoms with Crippen LogP contribution in [0.1, 0.15) is 93.9 Å². The van der Waals surface area contributed by atoms with E-state index in [4.69, 9.17) is 0 Å². The number of carbonyl (C=O) groups is 5. The van der Waals surface area contributed by atoms with Gasteiger partial charge in [-0.3, -0.25) is 24.0 Å². The normalized spacial score (nSPS) is 15.2. The molecule has 0 rings (SSSR count). The van der Waals surface area contributed by atoms with Crippen molar-refractivity contribution in [1.29, 1.82) is 0 Å². The molecule has 0 aliphatic carbocycles. The molecule has 4 amide bonds. The lowest BCUT2D eigenvalue weighted by Crippen LogP contribution is -2.53. The van der Waals surface area contributed by atoms with Crippen LogP contribution in [-0.2, 0) is 28.7 Å². The summed E-state index contributed by atoms with van der Waals surface area (Å²) in [4.78, 5) is 61.8. The molecule has 0 aliphatic heterocycles. The first kappa shape index (κ1) is 36.3. The second kappa shape index (κ2) is 18.6. The van der Waals surface area contributed by atoms with E-state index in [-0.39, 0.29) is 60.8 Å². The van der Waals surface area contributed by atoms with Gasteiger partial charge in [0.05, 0.1) is 25.7 Å². The van der Waals surface area contributed by atoms with Crippen LogP contribution in [0.3, 0.4) is 0 Å². The monoisotopic (exact) mass is 556 g/mol. The van der Waals surface area contributed by atoms with Crippen LogP contribution < -0.4 is 21.3 Å².